The minimum Gasteiger partial charge on any atom is -0.446 e. The van der Waals surface area contributed by atoms with Gasteiger partial charge in [-0.15, -0.1) is 11.3 Å². The molecule has 4 aromatic heterocycles. The zero-order valence-corrected chi connectivity index (χ0v) is 19.9. The average molecular weight is 486 g/mol. The van der Waals surface area contributed by atoms with Gasteiger partial charge in [0.2, 0.25) is 0 Å². The molecule has 176 valence electrons. The molecule has 0 saturated heterocycles. The molecule has 0 spiro atoms. The van der Waals surface area contributed by atoms with Gasteiger partial charge in [-0.3, -0.25) is 10.1 Å². The van der Waals surface area contributed by atoms with Crippen molar-refractivity contribution in [3.05, 3.63) is 71.3 Å². The Hall–Kier alpha value is -4.05. The summed E-state index contributed by atoms with van der Waals surface area (Å²) in [6.07, 6.45) is 8.64. The van der Waals surface area contributed by atoms with Crippen molar-refractivity contribution in [3.8, 4) is 0 Å². The third-order valence-electron chi connectivity index (χ3n) is 6.25. The molecule has 1 unspecified atom stereocenters. The maximum Gasteiger partial charge on any atom is 0.410 e. The first-order valence-corrected chi connectivity index (χ1v) is 12.2. The Labute approximate surface area is 205 Å². The third-order valence-corrected chi connectivity index (χ3v) is 7.41. The smallest absolute Gasteiger partial charge is 0.410 e. The highest BCUT2D eigenvalue weighted by Crippen LogP contribution is 2.39. The minimum atomic E-state index is -0.312. The van der Waals surface area contributed by atoms with Crippen molar-refractivity contribution in [2.45, 2.75) is 31.9 Å². The summed E-state index contributed by atoms with van der Waals surface area (Å²) in [4.78, 5) is 29.5. The van der Waals surface area contributed by atoms with Gasteiger partial charge < -0.3 is 15.0 Å². The number of thiophene rings is 1. The maximum atomic E-state index is 12.7. The zero-order valence-electron chi connectivity index (χ0n) is 19.1. The van der Waals surface area contributed by atoms with Crippen molar-refractivity contribution in [2.24, 2.45) is 0 Å². The van der Waals surface area contributed by atoms with Crippen molar-refractivity contribution in [2.75, 3.05) is 12.4 Å². The molecule has 0 bridgehead atoms. The van der Waals surface area contributed by atoms with Gasteiger partial charge in [0.05, 0.1) is 17.1 Å². The van der Waals surface area contributed by atoms with Crippen LogP contribution in [0.3, 0.4) is 0 Å². The van der Waals surface area contributed by atoms with E-state index >= 15 is 0 Å². The third kappa shape index (κ3) is 4.28. The Morgan fingerprint density at radius 1 is 1.26 bits per heavy atom. The molecule has 1 aliphatic rings. The number of anilines is 2. The van der Waals surface area contributed by atoms with Gasteiger partial charge in [0.25, 0.3) is 0 Å². The lowest BCUT2D eigenvalue weighted by atomic mass is 9.94. The predicted molar refractivity (Wildman–Crippen MR) is 135 cm³/mol. The van der Waals surface area contributed by atoms with Crippen molar-refractivity contribution in [3.63, 3.8) is 0 Å². The summed E-state index contributed by atoms with van der Waals surface area (Å²) in [5.74, 6) is 0.794. The normalized spacial score (nSPS) is 15.2. The molecule has 0 fully saturated rings. The molecule has 10 heteroatoms. The van der Waals surface area contributed by atoms with E-state index in [1.807, 2.05) is 30.3 Å². The number of carbonyl (C=O) groups is 1. The molecule has 0 radical (unpaired) electrons. The topological polar surface area (TPSA) is 109 Å². The number of nitrogens with zero attached hydrogens (tertiary/aromatic N) is 5. The van der Waals surface area contributed by atoms with Gasteiger partial charge in [0, 0.05) is 48.4 Å². The number of aromatic nitrogens is 5. The minimum absolute atomic E-state index is 0.157. The second-order valence-electron chi connectivity index (χ2n) is 8.66. The van der Waals surface area contributed by atoms with Gasteiger partial charge in [0.15, 0.2) is 0 Å². The number of fused-ring (bicyclic) bond motifs is 4. The van der Waals surface area contributed by atoms with Crippen molar-refractivity contribution < 1.29 is 9.53 Å². The average Bonchev–Trinajstić information content (AvgIpc) is 3.48. The predicted octanol–water partition coefficient (Wildman–Crippen LogP) is 4.83. The Bertz CT molecular complexity index is 1510. The number of aromatic amines is 1. The quantitative estimate of drug-likeness (QED) is 0.367. The molecule has 1 aromatic carbocycles. The van der Waals surface area contributed by atoms with Crippen molar-refractivity contribution in [1.29, 1.82) is 0 Å². The number of H-pyrrole nitrogens is 1. The second kappa shape index (κ2) is 8.95. The van der Waals surface area contributed by atoms with E-state index in [-0.39, 0.29) is 12.2 Å². The van der Waals surface area contributed by atoms with Gasteiger partial charge >= 0.3 is 6.09 Å². The van der Waals surface area contributed by atoms with Crippen LogP contribution in [-0.2, 0) is 24.1 Å². The summed E-state index contributed by atoms with van der Waals surface area (Å²) in [7, 11) is 1.75. The monoisotopic (exact) mass is 485 g/mol. The van der Waals surface area contributed by atoms with E-state index in [0.29, 0.717) is 13.0 Å². The Morgan fingerprint density at radius 2 is 2.14 bits per heavy atom. The van der Waals surface area contributed by atoms with E-state index in [0.717, 1.165) is 51.0 Å². The van der Waals surface area contributed by atoms with E-state index in [1.54, 1.807) is 48.2 Å². The molecule has 1 aliphatic carbocycles. The van der Waals surface area contributed by atoms with Crippen LogP contribution in [0.2, 0.25) is 0 Å². The zero-order chi connectivity index (χ0) is 23.8. The molecular weight excluding hydrogens is 462 g/mol. The number of rotatable bonds is 5. The van der Waals surface area contributed by atoms with Gasteiger partial charge in [-0.2, -0.15) is 5.10 Å². The number of amides is 1. The molecular formula is C25H23N7O2S. The number of ether oxygens (including phenoxy) is 1. The highest BCUT2D eigenvalue weighted by Gasteiger charge is 2.28. The van der Waals surface area contributed by atoms with Gasteiger partial charge in [-0.25, -0.2) is 14.8 Å². The van der Waals surface area contributed by atoms with Crippen LogP contribution in [0.4, 0.5) is 16.3 Å². The Kier molecular flexibility index (Phi) is 5.49. The lowest BCUT2D eigenvalue weighted by molar-refractivity contribution is 0.0616. The van der Waals surface area contributed by atoms with Crippen LogP contribution in [0.1, 0.15) is 22.4 Å². The van der Waals surface area contributed by atoms with Crippen LogP contribution in [0.25, 0.3) is 21.1 Å². The molecule has 2 N–H and O–H groups in total. The van der Waals surface area contributed by atoms with Crippen LogP contribution >= 0.6 is 11.3 Å². The van der Waals surface area contributed by atoms with Crippen molar-refractivity contribution in [1.82, 2.24) is 30.0 Å². The first-order chi connectivity index (χ1) is 17.1. The van der Waals surface area contributed by atoms with Gasteiger partial charge in [0.1, 0.15) is 23.1 Å². The lowest BCUT2D eigenvalue weighted by Gasteiger charge is -2.25. The molecule has 9 nitrogen and oxygen atoms in total. The first-order valence-electron chi connectivity index (χ1n) is 11.4. The molecule has 0 aliphatic heterocycles. The van der Waals surface area contributed by atoms with E-state index < -0.39 is 0 Å². The molecule has 1 atom stereocenters. The molecule has 35 heavy (non-hydrogen) atoms. The fraction of sp³-hybridized carbons (Fsp3) is 0.240. The maximum absolute atomic E-state index is 12.7. The van der Waals surface area contributed by atoms with Crippen LogP contribution < -0.4 is 5.32 Å². The summed E-state index contributed by atoms with van der Waals surface area (Å²) in [5, 5.41) is 12.6. The van der Waals surface area contributed by atoms with Crippen LogP contribution in [0.5, 0.6) is 0 Å². The summed E-state index contributed by atoms with van der Waals surface area (Å²) in [6, 6.07) is 9.84. The fourth-order valence-electron chi connectivity index (χ4n) is 4.49. The molecule has 1 amide bonds. The summed E-state index contributed by atoms with van der Waals surface area (Å²) >= 11 is 1.65. The number of benzene rings is 1. The number of carbonyl (C=O) groups excluding carboxylic acids is 1. The molecule has 0 saturated carbocycles. The second-order valence-corrected chi connectivity index (χ2v) is 9.75. The van der Waals surface area contributed by atoms with Crippen LogP contribution in [0.15, 0.2) is 55.2 Å². The van der Waals surface area contributed by atoms with Crippen LogP contribution in [-0.4, -0.2) is 49.3 Å². The number of nitrogens with one attached hydrogen (secondary N) is 2. The highest BCUT2D eigenvalue weighted by molar-refractivity contribution is 7.19. The van der Waals surface area contributed by atoms with E-state index in [4.69, 9.17) is 4.74 Å². The summed E-state index contributed by atoms with van der Waals surface area (Å²) in [5.41, 5.74) is 4.19. The largest absolute Gasteiger partial charge is 0.446 e. The number of aryl methyl sites for hydroxylation is 1. The van der Waals surface area contributed by atoms with Crippen LogP contribution in [0, 0.1) is 0 Å². The van der Waals surface area contributed by atoms with E-state index in [2.05, 4.69) is 30.5 Å². The lowest BCUT2D eigenvalue weighted by Crippen LogP contribution is -2.33. The number of hydrogen-bond acceptors (Lipinski definition) is 8. The van der Waals surface area contributed by atoms with E-state index in [1.165, 1.54) is 10.4 Å². The summed E-state index contributed by atoms with van der Waals surface area (Å²) in [6.45, 7) is 0.484. The van der Waals surface area contributed by atoms with Gasteiger partial charge in [-0.05, 0) is 54.3 Å². The molecule has 5 aromatic rings. The SMILES string of the molecule is CN(Cc1ccncc1)C(=O)OC1CCc2c(sc3ncnc(Nc4ccc5[nH]ncc5c4)c23)C1. The van der Waals surface area contributed by atoms with E-state index in [9.17, 15) is 4.79 Å². The molecule has 6 rings (SSSR count). The van der Waals surface area contributed by atoms with Gasteiger partial charge in [-0.1, -0.05) is 0 Å². The van der Waals surface area contributed by atoms with Crippen molar-refractivity contribution >= 4 is 50.1 Å². The highest BCUT2D eigenvalue weighted by atomic mass is 32.1. The number of pyridine rings is 1. The number of hydrogen-bond donors (Lipinski definition) is 2. The Balaban J connectivity index is 1.19. The fourth-order valence-corrected chi connectivity index (χ4v) is 5.74. The summed E-state index contributed by atoms with van der Waals surface area (Å²) < 4.78 is 5.85. The standard InChI is InChI=1S/C25H23N7O2S/c1-32(13-15-6-8-26-9-7-15)25(33)34-18-3-4-19-21(11-18)35-24-22(19)23(27-14-28-24)30-17-2-5-20-16(10-17)12-29-31-20/h2,5-10,12,14,18H,3-4,11,13H2,1H3,(H,29,31)(H,27,28,30). The first kappa shape index (κ1) is 21.5. The molecule has 4 heterocycles. The Morgan fingerprint density at radius 3 is 3.03 bits per heavy atom.